The lowest BCUT2D eigenvalue weighted by Gasteiger charge is -2.52. The van der Waals surface area contributed by atoms with E-state index in [4.69, 9.17) is 9.47 Å². The molecular weight excluding hydrogens is 556 g/mol. The summed E-state index contributed by atoms with van der Waals surface area (Å²) in [6, 6.07) is 7.30. The number of Topliss-reactive ketones (excluding diaryl/α,β-unsaturated/α-hetero) is 4. The second kappa shape index (κ2) is 11.1. The summed E-state index contributed by atoms with van der Waals surface area (Å²) in [7, 11) is 7.48. The first-order valence-corrected chi connectivity index (χ1v) is 13.9. The molecule has 3 aliphatic rings. The van der Waals surface area contributed by atoms with Gasteiger partial charge in [-0.2, -0.15) is 0 Å². The van der Waals surface area contributed by atoms with Gasteiger partial charge in [0, 0.05) is 13.0 Å². The zero-order valence-electron chi connectivity index (χ0n) is 24.5. The number of benzene rings is 2. The number of phenolic OH excluding ortho intramolecular Hbond substituents is 1. The highest BCUT2D eigenvalue weighted by Crippen LogP contribution is 2.51. The lowest BCUT2D eigenvalue weighted by atomic mass is 9.52. The van der Waals surface area contributed by atoms with Crippen molar-refractivity contribution in [3.63, 3.8) is 0 Å². The molecule has 2 aromatic carbocycles. The van der Waals surface area contributed by atoms with E-state index < -0.39 is 64.4 Å². The number of nitrogens with one attached hydrogen (secondary N) is 1. The van der Waals surface area contributed by atoms with Gasteiger partial charge in [-0.25, -0.2) is 0 Å². The van der Waals surface area contributed by atoms with Crippen LogP contribution in [0.5, 0.6) is 17.2 Å². The van der Waals surface area contributed by atoms with E-state index in [2.05, 4.69) is 5.32 Å². The lowest BCUT2D eigenvalue weighted by molar-refractivity contribution is -0.181. The van der Waals surface area contributed by atoms with Crippen LogP contribution in [0.3, 0.4) is 0 Å². The molecular formula is C32H34N2O9. The molecule has 11 nitrogen and oxygen atoms in total. The summed E-state index contributed by atoms with van der Waals surface area (Å²) in [5.41, 5.74) is -0.801. The maximum absolute atomic E-state index is 14.0. The Bertz CT molecular complexity index is 1580. The topological polar surface area (TPSA) is 160 Å². The number of aliphatic hydroxyl groups is 1. The average Bonchev–Trinajstić information content (AvgIpc) is 2.98. The minimum absolute atomic E-state index is 0.00731. The van der Waals surface area contributed by atoms with Gasteiger partial charge >= 0.3 is 0 Å². The SMILES string of the molecule is CNC(=O)C1C(=O)[C@@H](N(C)C)[C@@H]2C[C@@H]3Cc4c(C=Cc5ccc(OC)c(OC)c5)ccc(O)c4C(=O)C3C(=O)[C@]2(O)C1=O. The van der Waals surface area contributed by atoms with Crippen LogP contribution in [0.2, 0.25) is 0 Å². The Kier molecular flexibility index (Phi) is 7.74. The first kappa shape index (κ1) is 30.1. The van der Waals surface area contributed by atoms with E-state index in [-0.39, 0.29) is 24.2 Å². The van der Waals surface area contributed by atoms with E-state index >= 15 is 0 Å². The van der Waals surface area contributed by atoms with Crippen molar-refractivity contribution in [2.75, 3.05) is 35.4 Å². The van der Waals surface area contributed by atoms with Gasteiger partial charge in [0.25, 0.3) is 0 Å². The Morgan fingerprint density at radius 1 is 1.02 bits per heavy atom. The first-order valence-electron chi connectivity index (χ1n) is 13.9. The van der Waals surface area contributed by atoms with Crippen molar-refractivity contribution in [3.05, 3.63) is 52.6 Å². The largest absolute Gasteiger partial charge is 0.507 e. The molecule has 0 heterocycles. The Labute approximate surface area is 248 Å². The second-order valence-electron chi connectivity index (χ2n) is 11.5. The van der Waals surface area contributed by atoms with Gasteiger partial charge in [0.2, 0.25) is 5.91 Å². The highest BCUT2D eigenvalue weighted by Gasteiger charge is 2.69. The van der Waals surface area contributed by atoms with Crippen molar-refractivity contribution in [2.45, 2.75) is 24.5 Å². The van der Waals surface area contributed by atoms with Crippen LogP contribution in [0.25, 0.3) is 12.2 Å². The van der Waals surface area contributed by atoms with Crippen LogP contribution in [0.4, 0.5) is 0 Å². The van der Waals surface area contributed by atoms with Crippen molar-refractivity contribution < 1.29 is 43.7 Å². The predicted octanol–water partition coefficient (Wildman–Crippen LogP) is 1.32. The summed E-state index contributed by atoms with van der Waals surface area (Å²) < 4.78 is 10.7. The molecule has 3 aliphatic carbocycles. The molecule has 2 saturated carbocycles. The monoisotopic (exact) mass is 590 g/mol. The normalized spacial score (nSPS) is 28.4. The van der Waals surface area contributed by atoms with Crippen molar-refractivity contribution in [1.29, 1.82) is 0 Å². The van der Waals surface area contributed by atoms with Crippen LogP contribution in [-0.4, -0.2) is 91.2 Å². The summed E-state index contributed by atoms with van der Waals surface area (Å²) in [5.74, 6) is -8.89. The van der Waals surface area contributed by atoms with Crippen LogP contribution in [0, 0.1) is 23.7 Å². The molecule has 2 aromatic rings. The third kappa shape index (κ3) is 4.54. The smallest absolute Gasteiger partial charge is 0.238 e. The van der Waals surface area contributed by atoms with Gasteiger partial charge in [-0.1, -0.05) is 24.3 Å². The highest BCUT2D eigenvalue weighted by molar-refractivity contribution is 6.32. The zero-order valence-corrected chi connectivity index (χ0v) is 24.5. The van der Waals surface area contributed by atoms with E-state index in [0.717, 1.165) is 5.56 Å². The number of hydrogen-bond donors (Lipinski definition) is 3. The number of nitrogens with zero attached hydrogens (tertiary/aromatic N) is 1. The van der Waals surface area contributed by atoms with E-state index in [1.54, 1.807) is 38.4 Å². The van der Waals surface area contributed by atoms with Gasteiger partial charge in [-0.15, -0.1) is 0 Å². The molecule has 0 radical (unpaired) electrons. The first-order chi connectivity index (χ1) is 20.4. The molecule has 0 aliphatic heterocycles. The summed E-state index contributed by atoms with van der Waals surface area (Å²) in [4.78, 5) is 69.0. The van der Waals surface area contributed by atoms with Crippen LogP contribution in [-0.2, 0) is 25.6 Å². The maximum atomic E-state index is 14.0. The van der Waals surface area contributed by atoms with Gasteiger partial charge in [-0.3, -0.25) is 28.9 Å². The van der Waals surface area contributed by atoms with Gasteiger partial charge in [-0.05, 0) is 67.7 Å². The fourth-order valence-corrected chi connectivity index (χ4v) is 7.05. The molecule has 2 unspecified atom stereocenters. The third-order valence-electron chi connectivity index (χ3n) is 9.07. The lowest BCUT2D eigenvalue weighted by Crippen LogP contribution is -2.74. The molecule has 5 rings (SSSR count). The quantitative estimate of drug-likeness (QED) is 0.331. The molecule has 11 heteroatoms. The number of hydrogen-bond acceptors (Lipinski definition) is 10. The molecule has 6 atom stereocenters. The fourth-order valence-electron chi connectivity index (χ4n) is 7.05. The summed E-state index contributed by atoms with van der Waals surface area (Å²) in [5, 5.41) is 24.8. The Morgan fingerprint density at radius 3 is 2.35 bits per heavy atom. The molecule has 3 N–H and O–H groups in total. The summed E-state index contributed by atoms with van der Waals surface area (Å²) in [6.07, 6.45) is 3.80. The fraction of sp³-hybridized carbons (Fsp3) is 0.406. The van der Waals surface area contributed by atoms with E-state index in [0.29, 0.717) is 22.6 Å². The van der Waals surface area contributed by atoms with Gasteiger partial charge in [0.15, 0.2) is 46.2 Å². The molecule has 43 heavy (non-hydrogen) atoms. The molecule has 226 valence electrons. The molecule has 2 fully saturated rings. The van der Waals surface area contributed by atoms with E-state index in [1.807, 2.05) is 12.1 Å². The van der Waals surface area contributed by atoms with Crippen molar-refractivity contribution in [1.82, 2.24) is 10.2 Å². The number of carbonyl (C=O) groups excluding carboxylic acids is 5. The van der Waals surface area contributed by atoms with E-state index in [1.165, 1.54) is 32.2 Å². The number of aromatic hydroxyl groups is 1. The Hall–Kier alpha value is -4.35. The number of amides is 1. The number of methoxy groups -OCH3 is 2. The van der Waals surface area contributed by atoms with Crippen molar-refractivity contribution in [2.24, 2.45) is 23.7 Å². The standard InChI is InChI=1S/C32H34N2O9/c1-33-31(40)25-28(37)26(34(2)3)19-14-17-13-18-16(8-6-15-7-11-21(42-4)22(12-15)43-5)9-10-20(35)24(18)27(36)23(17)29(38)32(19,41)30(25)39/h6-12,17,19,23,25-26,35,41H,13-14H2,1-5H3,(H,33,40)/t17-,19-,23?,25?,26-,32-/m0/s1. The predicted molar refractivity (Wildman–Crippen MR) is 155 cm³/mol. The van der Waals surface area contributed by atoms with Crippen LogP contribution in [0.1, 0.15) is 33.5 Å². The average molecular weight is 591 g/mol. The number of phenols is 1. The number of rotatable bonds is 6. The Balaban J connectivity index is 1.57. The van der Waals surface area contributed by atoms with Crippen molar-refractivity contribution in [3.8, 4) is 17.2 Å². The zero-order chi connectivity index (χ0) is 31.4. The third-order valence-corrected chi connectivity index (χ3v) is 9.07. The van der Waals surface area contributed by atoms with Gasteiger partial charge in [0.1, 0.15) is 5.75 Å². The Morgan fingerprint density at radius 2 is 1.72 bits per heavy atom. The number of fused-ring (bicyclic) bond motifs is 3. The molecule has 0 spiro atoms. The summed E-state index contributed by atoms with van der Waals surface area (Å²) in [6.45, 7) is 0. The second-order valence-corrected chi connectivity index (χ2v) is 11.5. The molecule has 1 amide bonds. The number of ketones is 4. The number of ether oxygens (including phenoxy) is 2. The van der Waals surface area contributed by atoms with Crippen LogP contribution >= 0.6 is 0 Å². The van der Waals surface area contributed by atoms with E-state index in [9.17, 15) is 34.2 Å². The van der Waals surface area contributed by atoms with Crippen molar-refractivity contribution >= 4 is 41.2 Å². The van der Waals surface area contributed by atoms with Gasteiger partial charge < -0.3 is 25.0 Å². The van der Waals surface area contributed by atoms with Gasteiger partial charge in [0.05, 0.1) is 31.7 Å². The molecule has 0 aromatic heterocycles. The minimum Gasteiger partial charge on any atom is -0.507 e. The number of likely N-dealkylation sites (N-methyl/N-ethyl adjacent to an activating group) is 1. The van der Waals surface area contributed by atoms with Crippen LogP contribution in [0.15, 0.2) is 30.3 Å². The summed E-state index contributed by atoms with van der Waals surface area (Å²) >= 11 is 0. The maximum Gasteiger partial charge on any atom is 0.238 e. The molecule has 0 bridgehead atoms. The number of carbonyl (C=O) groups is 5. The molecule has 0 saturated heterocycles. The highest BCUT2D eigenvalue weighted by atomic mass is 16.5. The van der Waals surface area contributed by atoms with Crippen LogP contribution < -0.4 is 14.8 Å². The minimum atomic E-state index is -2.71.